The summed E-state index contributed by atoms with van der Waals surface area (Å²) in [4.78, 5) is 10.2. The fourth-order valence-corrected chi connectivity index (χ4v) is 0.910. The van der Waals surface area contributed by atoms with Crippen molar-refractivity contribution in [2.45, 2.75) is 6.42 Å². The highest BCUT2D eigenvalue weighted by Gasteiger charge is 1.93. The first-order valence-electron chi connectivity index (χ1n) is 3.55. The Bertz CT molecular complexity index is 269. The van der Waals surface area contributed by atoms with Crippen LogP contribution < -0.4 is 9.84 Å². The third-order valence-electron chi connectivity index (χ3n) is 1.51. The van der Waals surface area contributed by atoms with E-state index in [-0.39, 0.29) is 18.8 Å². The van der Waals surface area contributed by atoms with Crippen molar-refractivity contribution in [2.24, 2.45) is 0 Å². The molecule has 0 saturated heterocycles. The molecule has 0 heterocycles. The second kappa shape index (κ2) is 5.43. The molecule has 0 unspecified atom stereocenters. The van der Waals surface area contributed by atoms with E-state index >= 15 is 0 Å². The molecule has 0 amide bonds. The maximum Gasteiger partial charge on any atom is 0.118 e. The van der Waals surface area contributed by atoms with Crippen molar-refractivity contribution in [3.05, 3.63) is 29.8 Å². The van der Waals surface area contributed by atoms with Gasteiger partial charge in [0, 0.05) is 12.4 Å². The quantitative estimate of drug-likeness (QED) is 0.712. The van der Waals surface area contributed by atoms with Gasteiger partial charge in [-0.1, -0.05) is 12.1 Å². The Kier molecular flexibility index (Phi) is 4.92. The number of aliphatic carboxylic acids is 1. The molecular formula is C9H10ClO3-. The summed E-state index contributed by atoms with van der Waals surface area (Å²) in [5.74, 6) is -0.350. The first-order valence-corrected chi connectivity index (χ1v) is 3.55. The van der Waals surface area contributed by atoms with Crippen LogP contribution in [0, 0.1) is 0 Å². The number of carbonyl (C=O) groups is 1. The Hall–Kier alpha value is -1.22. The Balaban J connectivity index is 0.00000144. The van der Waals surface area contributed by atoms with Gasteiger partial charge in [0.25, 0.3) is 0 Å². The number of halogens is 1. The minimum atomic E-state index is -1.07. The highest BCUT2D eigenvalue weighted by atomic mass is 35.5. The van der Waals surface area contributed by atoms with E-state index in [1.807, 2.05) is 0 Å². The monoisotopic (exact) mass is 201 g/mol. The summed E-state index contributed by atoms with van der Waals surface area (Å²) in [5.41, 5.74) is 0.718. The summed E-state index contributed by atoms with van der Waals surface area (Å²) in [5, 5.41) is 10.2. The number of rotatable bonds is 3. The Morgan fingerprint density at radius 2 is 1.92 bits per heavy atom. The number of carboxylic acid groups (broad SMARTS) is 1. The van der Waals surface area contributed by atoms with Crippen molar-refractivity contribution >= 4 is 18.4 Å². The van der Waals surface area contributed by atoms with E-state index in [0.717, 1.165) is 11.3 Å². The molecule has 1 aromatic carbocycles. The molecule has 0 aliphatic heterocycles. The van der Waals surface area contributed by atoms with E-state index in [1.165, 1.54) is 0 Å². The van der Waals surface area contributed by atoms with Crippen LogP contribution in [0.15, 0.2) is 24.3 Å². The lowest BCUT2D eigenvalue weighted by Crippen LogP contribution is -2.24. The minimum Gasteiger partial charge on any atom is -0.550 e. The topological polar surface area (TPSA) is 49.4 Å². The molecule has 3 nitrogen and oxygen atoms in total. The van der Waals surface area contributed by atoms with Crippen molar-refractivity contribution in [3.8, 4) is 5.75 Å². The second-order valence-corrected chi connectivity index (χ2v) is 2.40. The van der Waals surface area contributed by atoms with Crippen LogP contribution in [-0.2, 0) is 11.2 Å². The van der Waals surface area contributed by atoms with Crippen LogP contribution in [0.4, 0.5) is 0 Å². The first-order chi connectivity index (χ1) is 5.72. The summed E-state index contributed by atoms with van der Waals surface area (Å²) in [6, 6.07) is 6.85. The molecule has 0 radical (unpaired) electrons. The minimum absolute atomic E-state index is 0. The maximum absolute atomic E-state index is 10.2. The fourth-order valence-electron chi connectivity index (χ4n) is 0.910. The van der Waals surface area contributed by atoms with Crippen LogP contribution in [0.2, 0.25) is 0 Å². The van der Waals surface area contributed by atoms with Gasteiger partial charge in [0.2, 0.25) is 0 Å². The summed E-state index contributed by atoms with van der Waals surface area (Å²) >= 11 is 0. The van der Waals surface area contributed by atoms with Crippen molar-refractivity contribution in [2.75, 3.05) is 7.11 Å². The van der Waals surface area contributed by atoms with Crippen LogP contribution >= 0.6 is 12.4 Å². The molecule has 0 spiro atoms. The van der Waals surface area contributed by atoms with Gasteiger partial charge in [-0.25, -0.2) is 0 Å². The highest BCUT2D eigenvalue weighted by molar-refractivity contribution is 5.85. The number of benzene rings is 1. The van der Waals surface area contributed by atoms with E-state index in [1.54, 1.807) is 31.4 Å². The summed E-state index contributed by atoms with van der Waals surface area (Å²) < 4.78 is 4.91. The van der Waals surface area contributed by atoms with Crippen LogP contribution in [0.1, 0.15) is 5.56 Å². The van der Waals surface area contributed by atoms with Gasteiger partial charge in [-0.15, -0.1) is 12.4 Å². The van der Waals surface area contributed by atoms with Crippen molar-refractivity contribution in [1.82, 2.24) is 0 Å². The molecule has 0 saturated carbocycles. The van der Waals surface area contributed by atoms with Gasteiger partial charge in [0.05, 0.1) is 7.11 Å². The van der Waals surface area contributed by atoms with Gasteiger partial charge in [0.1, 0.15) is 5.75 Å². The summed E-state index contributed by atoms with van der Waals surface area (Å²) in [6.07, 6.45) is -0.0516. The Labute approximate surface area is 82.7 Å². The van der Waals surface area contributed by atoms with Crippen molar-refractivity contribution < 1.29 is 14.6 Å². The Morgan fingerprint density at radius 3 is 2.31 bits per heavy atom. The summed E-state index contributed by atoms with van der Waals surface area (Å²) in [7, 11) is 1.56. The molecule has 1 aromatic rings. The number of ether oxygens (including phenoxy) is 1. The van der Waals surface area contributed by atoms with E-state index in [0.29, 0.717) is 0 Å². The summed E-state index contributed by atoms with van der Waals surface area (Å²) in [6.45, 7) is 0. The molecule has 1 rings (SSSR count). The molecule has 0 aliphatic carbocycles. The van der Waals surface area contributed by atoms with Gasteiger partial charge >= 0.3 is 0 Å². The number of carbonyl (C=O) groups excluding carboxylic acids is 1. The average Bonchev–Trinajstić information content (AvgIpc) is 2.05. The molecule has 0 bridgehead atoms. The molecular weight excluding hydrogens is 192 g/mol. The number of methoxy groups -OCH3 is 1. The first kappa shape index (κ1) is 11.8. The van der Waals surface area contributed by atoms with E-state index in [4.69, 9.17) is 4.74 Å². The third-order valence-corrected chi connectivity index (χ3v) is 1.51. The largest absolute Gasteiger partial charge is 0.550 e. The van der Waals surface area contributed by atoms with Crippen LogP contribution in [-0.4, -0.2) is 13.1 Å². The molecule has 0 aliphatic rings. The zero-order valence-electron chi connectivity index (χ0n) is 7.15. The molecule has 0 aromatic heterocycles. The standard InChI is InChI=1S/C9H10O3.ClH/c1-12-8-4-2-7(3-5-8)6-9(10)11;/h2-5H,6H2,1H3,(H,10,11);1H/p-1. The lowest BCUT2D eigenvalue weighted by molar-refractivity contribution is -0.304. The number of carboxylic acids is 1. The third kappa shape index (κ3) is 3.80. The predicted octanol–water partition coefficient (Wildman–Crippen LogP) is 0.409. The van der Waals surface area contributed by atoms with E-state index < -0.39 is 5.97 Å². The average molecular weight is 202 g/mol. The second-order valence-electron chi connectivity index (χ2n) is 2.40. The van der Waals surface area contributed by atoms with Crippen LogP contribution in [0.5, 0.6) is 5.75 Å². The number of hydrogen-bond acceptors (Lipinski definition) is 3. The van der Waals surface area contributed by atoms with Crippen molar-refractivity contribution in [1.29, 1.82) is 0 Å². The van der Waals surface area contributed by atoms with Gasteiger partial charge in [-0.3, -0.25) is 0 Å². The Morgan fingerprint density at radius 1 is 1.38 bits per heavy atom. The molecule has 13 heavy (non-hydrogen) atoms. The van der Waals surface area contributed by atoms with Crippen LogP contribution in [0.25, 0.3) is 0 Å². The SMILES string of the molecule is COc1ccc(CC(=O)[O-])cc1.Cl. The van der Waals surface area contributed by atoms with E-state index in [9.17, 15) is 9.90 Å². The van der Waals surface area contributed by atoms with Crippen molar-refractivity contribution in [3.63, 3.8) is 0 Å². The molecule has 72 valence electrons. The van der Waals surface area contributed by atoms with Gasteiger partial charge in [0.15, 0.2) is 0 Å². The van der Waals surface area contributed by atoms with E-state index in [2.05, 4.69) is 0 Å². The number of hydrogen-bond donors (Lipinski definition) is 0. The zero-order valence-corrected chi connectivity index (χ0v) is 7.97. The maximum atomic E-state index is 10.2. The van der Waals surface area contributed by atoms with Gasteiger partial charge in [-0.05, 0) is 17.7 Å². The van der Waals surface area contributed by atoms with Gasteiger partial charge < -0.3 is 14.6 Å². The lowest BCUT2D eigenvalue weighted by atomic mass is 10.1. The molecule has 0 atom stereocenters. The molecule has 0 N–H and O–H groups in total. The van der Waals surface area contributed by atoms with Gasteiger partial charge in [-0.2, -0.15) is 0 Å². The van der Waals surface area contributed by atoms with Crippen LogP contribution in [0.3, 0.4) is 0 Å². The molecule has 4 heteroatoms. The fraction of sp³-hybridized carbons (Fsp3) is 0.222. The lowest BCUT2D eigenvalue weighted by Gasteiger charge is -2.03. The zero-order chi connectivity index (χ0) is 8.97. The molecule has 0 fully saturated rings. The highest BCUT2D eigenvalue weighted by Crippen LogP contribution is 2.11. The smallest absolute Gasteiger partial charge is 0.118 e. The normalized spacial score (nSPS) is 8.69. The predicted molar refractivity (Wildman–Crippen MR) is 49.0 cm³/mol.